The Bertz CT molecular complexity index is 889. The van der Waals surface area contributed by atoms with E-state index in [1.54, 1.807) is 22.7 Å². The monoisotopic (exact) mass is 354 g/mol. The van der Waals surface area contributed by atoms with E-state index in [1.165, 1.54) is 0 Å². The maximum atomic E-state index is 12.2. The first-order chi connectivity index (χ1) is 12.4. The molecule has 0 atom stereocenters. The Hall–Kier alpha value is -3.16. The first-order valence-electron chi connectivity index (χ1n) is 8.27. The molecule has 0 aliphatic carbocycles. The lowest BCUT2D eigenvalue weighted by atomic mass is 10.1. The SMILES string of the molecule is COc1ccc(-n2ccc(CNC(=O)c3cn(C(C)(C)C)nn3)n2)cc1. The second-order valence-corrected chi connectivity index (χ2v) is 6.85. The van der Waals surface area contributed by atoms with Crippen molar-refractivity contribution in [2.24, 2.45) is 0 Å². The van der Waals surface area contributed by atoms with Gasteiger partial charge >= 0.3 is 0 Å². The second kappa shape index (κ2) is 6.99. The highest BCUT2D eigenvalue weighted by Crippen LogP contribution is 2.15. The van der Waals surface area contributed by atoms with Crippen molar-refractivity contribution in [1.29, 1.82) is 0 Å². The molecule has 0 unspecified atom stereocenters. The normalized spacial score (nSPS) is 11.4. The molecule has 3 rings (SSSR count). The number of nitrogens with one attached hydrogen (secondary N) is 1. The van der Waals surface area contributed by atoms with E-state index >= 15 is 0 Å². The summed E-state index contributed by atoms with van der Waals surface area (Å²) in [5.41, 5.74) is 1.73. The Morgan fingerprint density at radius 3 is 2.54 bits per heavy atom. The van der Waals surface area contributed by atoms with Crippen LogP contribution in [0.1, 0.15) is 37.0 Å². The molecule has 8 nitrogen and oxygen atoms in total. The van der Waals surface area contributed by atoms with Crippen LogP contribution in [0.3, 0.4) is 0 Å². The van der Waals surface area contributed by atoms with Crippen LogP contribution in [0.25, 0.3) is 5.69 Å². The maximum absolute atomic E-state index is 12.2. The summed E-state index contributed by atoms with van der Waals surface area (Å²) >= 11 is 0. The number of carbonyl (C=O) groups excluding carboxylic acids is 1. The van der Waals surface area contributed by atoms with Crippen LogP contribution in [0.2, 0.25) is 0 Å². The number of carbonyl (C=O) groups is 1. The van der Waals surface area contributed by atoms with Gasteiger partial charge in [0.1, 0.15) is 5.75 Å². The van der Waals surface area contributed by atoms with Gasteiger partial charge in [-0.15, -0.1) is 5.10 Å². The Labute approximate surface area is 151 Å². The molecular weight excluding hydrogens is 332 g/mol. The zero-order valence-electron chi connectivity index (χ0n) is 15.3. The number of hydrogen-bond donors (Lipinski definition) is 1. The molecule has 0 aliphatic rings. The van der Waals surface area contributed by atoms with Crippen LogP contribution in [-0.2, 0) is 12.1 Å². The Kier molecular flexibility index (Phi) is 4.75. The van der Waals surface area contributed by atoms with E-state index in [9.17, 15) is 4.79 Å². The summed E-state index contributed by atoms with van der Waals surface area (Å²) in [6.07, 6.45) is 3.49. The fraction of sp³-hybridized carbons (Fsp3) is 0.333. The molecule has 0 saturated carbocycles. The van der Waals surface area contributed by atoms with Gasteiger partial charge in [-0.3, -0.25) is 4.79 Å². The largest absolute Gasteiger partial charge is 0.497 e. The Morgan fingerprint density at radius 1 is 1.19 bits per heavy atom. The molecule has 2 aromatic heterocycles. The van der Waals surface area contributed by atoms with E-state index in [2.05, 4.69) is 20.7 Å². The molecule has 0 radical (unpaired) electrons. The van der Waals surface area contributed by atoms with Gasteiger partial charge in [-0.2, -0.15) is 5.10 Å². The van der Waals surface area contributed by atoms with Gasteiger partial charge in [0.15, 0.2) is 5.69 Å². The minimum Gasteiger partial charge on any atom is -0.497 e. The minimum absolute atomic E-state index is 0.220. The number of nitrogens with zero attached hydrogens (tertiary/aromatic N) is 5. The number of aromatic nitrogens is 5. The summed E-state index contributed by atoms with van der Waals surface area (Å²) in [6, 6.07) is 9.43. The van der Waals surface area contributed by atoms with Gasteiger partial charge in [-0.1, -0.05) is 5.21 Å². The average molecular weight is 354 g/mol. The molecule has 1 aromatic carbocycles. The Balaban J connectivity index is 1.62. The summed E-state index contributed by atoms with van der Waals surface area (Å²) < 4.78 is 8.56. The molecule has 0 fully saturated rings. The molecule has 136 valence electrons. The van der Waals surface area contributed by atoms with Crippen LogP contribution in [-0.4, -0.2) is 37.8 Å². The number of ether oxygens (including phenoxy) is 1. The smallest absolute Gasteiger partial charge is 0.273 e. The van der Waals surface area contributed by atoms with Crippen LogP contribution >= 0.6 is 0 Å². The summed E-state index contributed by atoms with van der Waals surface area (Å²) in [7, 11) is 1.63. The van der Waals surface area contributed by atoms with Gasteiger partial charge in [0, 0.05) is 6.20 Å². The van der Waals surface area contributed by atoms with Crippen molar-refractivity contribution in [3.8, 4) is 11.4 Å². The topological polar surface area (TPSA) is 86.9 Å². The van der Waals surface area contributed by atoms with Crippen molar-refractivity contribution >= 4 is 5.91 Å². The lowest BCUT2D eigenvalue weighted by Gasteiger charge is -2.17. The summed E-state index contributed by atoms with van der Waals surface area (Å²) in [5, 5.41) is 15.2. The van der Waals surface area contributed by atoms with E-state index < -0.39 is 0 Å². The second-order valence-electron chi connectivity index (χ2n) is 6.85. The van der Waals surface area contributed by atoms with E-state index in [0.29, 0.717) is 6.54 Å². The number of amides is 1. The quantitative estimate of drug-likeness (QED) is 0.759. The predicted molar refractivity (Wildman–Crippen MR) is 96.3 cm³/mol. The number of hydrogen-bond acceptors (Lipinski definition) is 5. The van der Waals surface area contributed by atoms with Crippen LogP contribution in [0.5, 0.6) is 5.75 Å². The lowest BCUT2D eigenvalue weighted by molar-refractivity contribution is 0.0945. The highest BCUT2D eigenvalue weighted by molar-refractivity contribution is 5.91. The minimum atomic E-state index is -0.278. The highest BCUT2D eigenvalue weighted by Gasteiger charge is 2.18. The third-order valence-corrected chi connectivity index (χ3v) is 3.82. The predicted octanol–water partition coefficient (Wildman–Crippen LogP) is 2.16. The van der Waals surface area contributed by atoms with Crippen molar-refractivity contribution in [1.82, 2.24) is 30.1 Å². The molecule has 0 aliphatic heterocycles. The van der Waals surface area contributed by atoms with E-state index in [-0.39, 0.29) is 17.1 Å². The van der Waals surface area contributed by atoms with Crippen LogP contribution in [0.15, 0.2) is 42.7 Å². The lowest BCUT2D eigenvalue weighted by Crippen LogP contribution is -2.24. The van der Waals surface area contributed by atoms with E-state index in [4.69, 9.17) is 4.74 Å². The van der Waals surface area contributed by atoms with Gasteiger partial charge in [0.2, 0.25) is 0 Å². The maximum Gasteiger partial charge on any atom is 0.273 e. The fourth-order valence-electron chi connectivity index (χ4n) is 2.29. The van der Waals surface area contributed by atoms with Crippen LogP contribution < -0.4 is 10.1 Å². The molecule has 1 N–H and O–H groups in total. The summed E-state index contributed by atoms with van der Waals surface area (Å²) in [4.78, 5) is 12.2. The van der Waals surface area contributed by atoms with Gasteiger partial charge in [-0.05, 0) is 51.1 Å². The van der Waals surface area contributed by atoms with Gasteiger partial charge in [0.25, 0.3) is 5.91 Å². The molecule has 26 heavy (non-hydrogen) atoms. The summed E-state index contributed by atoms with van der Waals surface area (Å²) in [5.74, 6) is 0.510. The Morgan fingerprint density at radius 2 is 1.92 bits per heavy atom. The number of rotatable bonds is 5. The zero-order chi connectivity index (χ0) is 18.7. The molecule has 0 saturated heterocycles. The van der Waals surface area contributed by atoms with Gasteiger partial charge < -0.3 is 10.1 Å². The molecular formula is C18H22N6O2. The third-order valence-electron chi connectivity index (χ3n) is 3.82. The standard InChI is InChI=1S/C18H22N6O2/c1-18(2,3)24-12-16(20-22-24)17(25)19-11-13-9-10-23(21-13)14-5-7-15(26-4)8-6-14/h5-10,12H,11H2,1-4H3,(H,19,25). The van der Waals surface area contributed by atoms with Gasteiger partial charge in [-0.25, -0.2) is 9.36 Å². The van der Waals surface area contributed by atoms with Gasteiger partial charge in [0.05, 0.1) is 36.8 Å². The third kappa shape index (κ3) is 3.90. The first kappa shape index (κ1) is 17.7. The zero-order valence-corrected chi connectivity index (χ0v) is 15.3. The number of methoxy groups -OCH3 is 1. The van der Waals surface area contributed by atoms with Crippen LogP contribution in [0, 0.1) is 0 Å². The van der Waals surface area contributed by atoms with Crippen molar-refractivity contribution < 1.29 is 9.53 Å². The van der Waals surface area contributed by atoms with E-state index in [1.807, 2.05) is 57.3 Å². The number of benzene rings is 1. The molecule has 8 heteroatoms. The summed E-state index contributed by atoms with van der Waals surface area (Å²) in [6.45, 7) is 6.30. The van der Waals surface area contributed by atoms with Crippen molar-refractivity contribution in [2.45, 2.75) is 32.9 Å². The first-order valence-corrected chi connectivity index (χ1v) is 8.27. The van der Waals surface area contributed by atoms with Crippen molar-refractivity contribution in [2.75, 3.05) is 7.11 Å². The van der Waals surface area contributed by atoms with Crippen LogP contribution in [0.4, 0.5) is 0 Å². The fourth-order valence-corrected chi connectivity index (χ4v) is 2.29. The molecule has 0 spiro atoms. The highest BCUT2D eigenvalue weighted by atomic mass is 16.5. The molecule has 0 bridgehead atoms. The average Bonchev–Trinajstić information content (AvgIpc) is 3.29. The van der Waals surface area contributed by atoms with Crippen molar-refractivity contribution in [3.63, 3.8) is 0 Å². The molecule has 3 aromatic rings. The van der Waals surface area contributed by atoms with Crippen molar-refractivity contribution in [3.05, 3.63) is 54.1 Å². The molecule has 1 amide bonds. The van der Waals surface area contributed by atoms with E-state index in [0.717, 1.165) is 17.1 Å². The molecule has 2 heterocycles.